The van der Waals surface area contributed by atoms with Crippen LogP contribution in [-0.4, -0.2) is 22.8 Å². The van der Waals surface area contributed by atoms with E-state index in [9.17, 15) is 14.9 Å². The molecule has 21 heavy (non-hydrogen) atoms. The van der Waals surface area contributed by atoms with Gasteiger partial charge < -0.3 is 4.90 Å². The Morgan fingerprint density at radius 2 is 2.19 bits per heavy atom. The van der Waals surface area contributed by atoms with E-state index in [1.165, 1.54) is 34.4 Å². The van der Waals surface area contributed by atoms with Crippen molar-refractivity contribution in [1.82, 2.24) is 4.90 Å². The predicted octanol–water partition coefficient (Wildman–Crippen LogP) is 4.34. The van der Waals surface area contributed by atoms with E-state index in [2.05, 4.69) is 15.9 Å². The first-order chi connectivity index (χ1) is 9.88. The van der Waals surface area contributed by atoms with Crippen LogP contribution in [0, 0.1) is 10.1 Å². The van der Waals surface area contributed by atoms with Gasteiger partial charge in [0.1, 0.15) is 0 Å². The van der Waals surface area contributed by atoms with Gasteiger partial charge in [-0.15, -0.1) is 11.3 Å². The number of thiophene rings is 1. The van der Waals surface area contributed by atoms with Gasteiger partial charge in [-0.1, -0.05) is 11.6 Å². The summed E-state index contributed by atoms with van der Waals surface area (Å²) < 4.78 is 0.969. The third kappa shape index (κ3) is 3.81. The molecule has 0 aliphatic heterocycles. The van der Waals surface area contributed by atoms with Crippen molar-refractivity contribution in [3.8, 4) is 0 Å². The number of amides is 1. The van der Waals surface area contributed by atoms with Crippen molar-refractivity contribution in [1.29, 1.82) is 0 Å². The normalized spacial score (nSPS) is 10.4. The van der Waals surface area contributed by atoms with Crippen LogP contribution in [0.5, 0.6) is 0 Å². The van der Waals surface area contributed by atoms with Crippen molar-refractivity contribution in [2.24, 2.45) is 0 Å². The number of non-ortho nitro benzene ring substituents is 1. The molecule has 1 heterocycles. The molecule has 0 radical (unpaired) electrons. The standard InChI is InChI=1S/C13H10BrClN2O3S/c1-16(6-10-4-8(14)7-21-10)13(18)11-3-2-9(17(19)20)5-12(11)15/h2-5,7H,6H2,1H3. The second-order valence-corrected chi connectivity index (χ2v) is 6.63. The number of carbonyl (C=O) groups excluding carboxylic acids is 1. The maximum atomic E-state index is 12.3. The van der Waals surface area contributed by atoms with Crippen LogP contribution in [0.15, 0.2) is 34.1 Å². The van der Waals surface area contributed by atoms with Crippen LogP contribution in [-0.2, 0) is 6.54 Å². The van der Waals surface area contributed by atoms with Gasteiger partial charge in [0.05, 0.1) is 22.1 Å². The lowest BCUT2D eigenvalue weighted by molar-refractivity contribution is -0.384. The number of nitro benzene ring substituents is 1. The van der Waals surface area contributed by atoms with Gasteiger partial charge in [0.25, 0.3) is 11.6 Å². The third-order valence-corrected chi connectivity index (χ3v) is 4.75. The first-order valence-electron chi connectivity index (χ1n) is 5.81. The molecule has 0 saturated carbocycles. The van der Waals surface area contributed by atoms with E-state index in [4.69, 9.17) is 11.6 Å². The highest BCUT2D eigenvalue weighted by atomic mass is 79.9. The van der Waals surface area contributed by atoms with E-state index in [1.54, 1.807) is 7.05 Å². The monoisotopic (exact) mass is 388 g/mol. The van der Waals surface area contributed by atoms with Crippen LogP contribution in [0.25, 0.3) is 0 Å². The molecule has 0 aliphatic carbocycles. The van der Waals surface area contributed by atoms with E-state index in [0.717, 1.165) is 9.35 Å². The van der Waals surface area contributed by atoms with Gasteiger partial charge in [-0.25, -0.2) is 0 Å². The van der Waals surface area contributed by atoms with Gasteiger partial charge in [-0.05, 0) is 28.1 Å². The van der Waals surface area contributed by atoms with Crippen LogP contribution >= 0.6 is 38.9 Å². The second kappa shape index (κ2) is 6.55. The first-order valence-corrected chi connectivity index (χ1v) is 7.86. The molecule has 0 saturated heterocycles. The zero-order chi connectivity index (χ0) is 15.6. The molecule has 0 bridgehead atoms. The van der Waals surface area contributed by atoms with Crippen LogP contribution in [0.1, 0.15) is 15.2 Å². The maximum absolute atomic E-state index is 12.3. The van der Waals surface area contributed by atoms with Crippen molar-refractivity contribution in [2.45, 2.75) is 6.54 Å². The molecule has 5 nitrogen and oxygen atoms in total. The SMILES string of the molecule is CN(Cc1cc(Br)cs1)C(=O)c1ccc([N+](=O)[O-])cc1Cl. The van der Waals surface area contributed by atoms with Crippen LogP contribution in [0.2, 0.25) is 5.02 Å². The maximum Gasteiger partial charge on any atom is 0.270 e. The van der Waals surface area contributed by atoms with E-state index in [1.807, 2.05) is 11.4 Å². The lowest BCUT2D eigenvalue weighted by atomic mass is 10.2. The summed E-state index contributed by atoms with van der Waals surface area (Å²) in [6.07, 6.45) is 0. The summed E-state index contributed by atoms with van der Waals surface area (Å²) >= 11 is 10.9. The summed E-state index contributed by atoms with van der Waals surface area (Å²) in [5, 5.41) is 12.7. The number of benzene rings is 1. The van der Waals surface area contributed by atoms with Gasteiger partial charge >= 0.3 is 0 Å². The highest BCUT2D eigenvalue weighted by Crippen LogP contribution is 2.25. The number of carbonyl (C=O) groups is 1. The average molecular weight is 390 g/mol. The molecule has 1 aromatic heterocycles. The predicted molar refractivity (Wildman–Crippen MR) is 85.9 cm³/mol. The highest BCUT2D eigenvalue weighted by Gasteiger charge is 2.18. The molecule has 0 unspecified atom stereocenters. The molecule has 0 atom stereocenters. The summed E-state index contributed by atoms with van der Waals surface area (Å²) in [4.78, 5) is 25.0. The zero-order valence-electron chi connectivity index (χ0n) is 10.9. The Balaban J connectivity index is 2.17. The average Bonchev–Trinajstić information content (AvgIpc) is 2.83. The topological polar surface area (TPSA) is 63.5 Å². The van der Waals surface area contributed by atoms with Crippen molar-refractivity contribution in [3.63, 3.8) is 0 Å². The van der Waals surface area contributed by atoms with Gasteiger partial charge in [0.15, 0.2) is 0 Å². The molecule has 1 aromatic carbocycles. The molecule has 0 fully saturated rings. The van der Waals surface area contributed by atoms with Gasteiger partial charge in [-0.3, -0.25) is 14.9 Å². The Morgan fingerprint density at radius 3 is 2.71 bits per heavy atom. The van der Waals surface area contributed by atoms with Crippen molar-refractivity contribution < 1.29 is 9.72 Å². The lowest BCUT2D eigenvalue weighted by Crippen LogP contribution is -2.26. The molecule has 8 heteroatoms. The Bertz CT molecular complexity index is 704. The largest absolute Gasteiger partial charge is 0.337 e. The van der Waals surface area contributed by atoms with Crippen molar-refractivity contribution in [2.75, 3.05) is 7.05 Å². The smallest absolute Gasteiger partial charge is 0.270 e. The minimum absolute atomic E-state index is 0.0772. The van der Waals surface area contributed by atoms with E-state index in [0.29, 0.717) is 6.54 Å². The fourth-order valence-electron chi connectivity index (χ4n) is 1.74. The van der Waals surface area contributed by atoms with Gasteiger partial charge in [0.2, 0.25) is 0 Å². The molecule has 0 aliphatic rings. The fourth-order valence-corrected chi connectivity index (χ4v) is 3.50. The summed E-state index contributed by atoms with van der Waals surface area (Å²) in [5.41, 5.74) is 0.113. The van der Waals surface area contributed by atoms with Crippen molar-refractivity contribution in [3.05, 3.63) is 59.7 Å². The number of hydrogen-bond acceptors (Lipinski definition) is 4. The van der Waals surface area contributed by atoms with Gasteiger partial charge in [0, 0.05) is 33.9 Å². The quantitative estimate of drug-likeness (QED) is 0.577. The molecule has 0 N–H and O–H groups in total. The fraction of sp³-hybridized carbons (Fsp3) is 0.154. The van der Waals surface area contributed by atoms with E-state index < -0.39 is 4.92 Å². The molecule has 0 spiro atoms. The van der Waals surface area contributed by atoms with Gasteiger partial charge in [-0.2, -0.15) is 0 Å². The number of nitro groups is 1. The zero-order valence-corrected chi connectivity index (χ0v) is 14.0. The lowest BCUT2D eigenvalue weighted by Gasteiger charge is -2.16. The summed E-state index contributed by atoms with van der Waals surface area (Å²) in [7, 11) is 1.66. The molecular weight excluding hydrogens is 380 g/mol. The number of rotatable bonds is 4. The van der Waals surface area contributed by atoms with Crippen LogP contribution in [0.3, 0.4) is 0 Å². The molecular formula is C13H10BrClN2O3S. The molecule has 110 valence electrons. The molecule has 1 amide bonds. The minimum Gasteiger partial charge on any atom is -0.337 e. The number of nitrogens with zero attached hydrogens (tertiary/aromatic N) is 2. The second-order valence-electron chi connectivity index (χ2n) is 4.31. The Hall–Kier alpha value is -1.44. The van der Waals surface area contributed by atoms with E-state index in [-0.39, 0.29) is 22.2 Å². The van der Waals surface area contributed by atoms with Crippen molar-refractivity contribution >= 4 is 50.5 Å². The Labute approximate surface area is 138 Å². The minimum atomic E-state index is -0.549. The van der Waals surface area contributed by atoms with Crippen LogP contribution < -0.4 is 0 Å². The highest BCUT2D eigenvalue weighted by molar-refractivity contribution is 9.10. The first kappa shape index (κ1) is 15.9. The third-order valence-electron chi connectivity index (χ3n) is 2.76. The van der Waals surface area contributed by atoms with Crippen LogP contribution in [0.4, 0.5) is 5.69 Å². The number of hydrogen-bond donors (Lipinski definition) is 0. The Morgan fingerprint density at radius 1 is 1.48 bits per heavy atom. The summed E-state index contributed by atoms with van der Waals surface area (Å²) in [6.45, 7) is 0.447. The molecule has 2 rings (SSSR count). The summed E-state index contributed by atoms with van der Waals surface area (Å²) in [6, 6.07) is 5.77. The molecule has 2 aromatic rings. The summed E-state index contributed by atoms with van der Waals surface area (Å²) in [5.74, 6) is -0.278. The number of halogens is 2. The van der Waals surface area contributed by atoms with E-state index >= 15 is 0 Å². The Kier molecular flexibility index (Phi) is 4.97.